The van der Waals surface area contributed by atoms with Gasteiger partial charge in [0.25, 0.3) is 0 Å². The molecule has 1 N–H and O–H groups in total. The van der Waals surface area contributed by atoms with Crippen LogP contribution in [0.5, 0.6) is 5.75 Å². The molecule has 0 fully saturated rings. The fourth-order valence-electron chi connectivity index (χ4n) is 3.06. The van der Waals surface area contributed by atoms with Gasteiger partial charge in [0.1, 0.15) is 12.4 Å². The van der Waals surface area contributed by atoms with Crippen LogP contribution in [0.2, 0.25) is 0 Å². The van der Waals surface area contributed by atoms with E-state index in [1.54, 1.807) is 11.9 Å². The lowest BCUT2D eigenvalue weighted by molar-refractivity contribution is -0.130. The van der Waals surface area contributed by atoms with Crippen LogP contribution in [0.4, 0.5) is 0 Å². The minimum absolute atomic E-state index is 0.0381. The first-order valence-corrected chi connectivity index (χ1v) is 10.0. The van der Waals surface area contributed by atoms with Crippen LogP contribution >= 0.6 is 12.2 Å². The molecule has 6 nitrogen and oxygen atoms in total. The Morgan fingerprint density at radius 2 is 1.90 bits per heavy atom. The second-order valence-corrected chi connectivity index (χ2v) is 7.49. The lowest BCUT2D eigenvalue weighted by Crippen LogP contribution is -2.31. The molecular weight excluding hydrogens is 384 g/mol. The zero-order valence-corrected chi connectivity index (χ0v) is 17.8. The van der Waals surface area contributed by atoms with Crippen molar-refractivity contribution in [2.24, 2.45) is 0 Å². The van der Waals surface area contributed by atoms with E-state index in [0.29, 0.717) is 30.9 Å². The first-order valence-electron chi connectivity index (χ1n) is 9.60. The topological polar surface area (TPSA) is 63.1 Å². The molecule has 0 radical (unpaired) electrons. The van der Waals surface area contributed by atoms with Crippen LogP contribution in [-0.2, 0) is 11.3 Å². The van der Waals surface area contributed by atoms with E-state index in [9.17, 15) is 4.79 Å². The minimum atomic E-state index is 0.0381. The highest BCUT2D eigenvalue weighted by Gasteiger charge is 2.13. The molecule has 1 aromatic heterocycles. The summed E-state index contributed by atoms with van der Waals surface area (Å²) in [6, 6.07) is 15.9. The molecule has 152 valence electrons. The Labute approximate surface area is 176 Å². The van der Waals surface area contributed by atoms with Gasteiger partial charge in [-0.1, -0.05) is 35.9 Å². The van der Waals surface area contributed by atoms with E-state index in [2.05, 4.69) is 16.3 Å². The van der Waals surface area contributed by atoms with Crippen molar-refractivity contribution in [2.75, 3.05) is 20.2 Å². The summed E-state index contributed by atoms with van der Waals surface area (Å²) in [7, 11) is 1.79. The van der Waals surface area contributed by atoms with Gasteiger partial charge >= 0.3 is 0 Å². The van der Waals surface area contributed by atoms with E-state index in [0.717, 1.165) is 28.3 Å². The van der Waals surface area contributed by atoms with Gasteiger partial charge in [0, 0.05) is 25.6 Å². The normalized spacial score (nSPS) is 10.7. The second kappa shape index (κ2) is 9.52. The third kappa shape index (κ3) is 5.54. The quantitative estimate of drug-likeness (QED) is 0.567. The molecule has 0 saturated carbocycles. The maximum atomic E-state index is 12.5. The largest absolute Gasteiger partial charge is 0.492 e. The number of carbonyl (C=O) groups is 1. The molecule has 0 unspecified atom stereocenters. The number of hydrogen-bond donors (Lipinski definition) is 1. The number of aromatic amines is 1. The molecule has 0 aliphatic heterocycles. The van der Waals surface area contributed by atoms with Crippen molar-refractivity contribution in [3.63, 3.8) is 0 Å². The number of amides is 1. The highest BCUT2D eigenvalue weighted by atomic mass is 32.1. The molecule has 7 heteroatoms. The molecule has 0 aliphatic carbocycles. The Bertz CT molecular complexity index is 1040. The van der Waals surface area contributed by atoms with Crippen LogP contribution in [0, 0.1) is 18.6 Å². The molecule has 1 amide bonds. The van der Waals surface area contributed by atoms with Gasteiger partial charge in [0.2, 0.25) is 5.91 Å². The number of carbonyl (C=O) groups excluding carboxylic acids is 1. The predicted octanol–water partition coefficient (Wildman–Crippen LogP) is 4.15. The molecule has 0 atom stereocenters. The Balaban J connectivity index is 1.55. The van der Waals surface area contributed by atoms with E-state index in [1.807, 2.05) is 60.9 Å². The van der Waals surface area contributed by atoms with Gasteiger partial charge in [-0.15, -0.1) is 0 Å². The van der Waals surface area contributed by atoms with Crippen LogP contribution in [0.15, 0.2) is 48.5 Å². The molecule has 3 aromatic rings. The molecule has 1 heterocycles. The monoisotopic (exact) mass is 410 g/mol. The van der Waals surface area contributed by atoms with Gasteiger partial charge in [-0.05, 0) is 49.8 Å². The van der Waals surface area contributed by atoms with Crippen LogP contribution in [0.25, 0.3) is 11.4 Å². The number of nitrogens with one attached hydrogen (secondary N) is 1. The van der Waals surface area contributed by atoms with Crippen molar-refractivity contribution in [3.05, 3.63) is 64.4 Å². The summed E-state index contributed by atoms with van der Waals surface area (Å²) < 4.78 is 8.12. The number of H-pyrrole nitrogens is 1. The van der Waals surface area contributed by atoms with Crippen molar-refractivity contribution >= 4 is 18.1 Å². The molecule has 3 rings (SSSR count). The smallest absolute Gasteiger partial charge is 0.224 e. The molecule has 0 saturated heterocycles. The van der Waals surface area contributed by atoms with Gasteiger partial charge in [-0.3, -0.25) is 14.5 Å². The number of rotatable bonds is 8. The summed E-state index contributed by atoms with van der Waals surface area (Å²) in [5.74, 6) is 1.60. The number of likely N-dealkylation sites (N-methyl/N-ethyl adjacent to an activating group) is 1. The number of hydrogen-bond acceptors (Lipinski definition) is 4. The average molecular weight is 411 g/mol. The summed E-state index contributed by atoms with van der Waals surface area (Å²) >= 11 is 5.36. The van der Waals surface area contributed by atoms with Gasteiger partial charge < -0.3 is 9.64 Å². The van der Waals surface area contributed by atoms with Crippen LogP contribution in [0.3, 0.4) is 0 Å². The van der Waals surface area contributed by atoms with Crippen molar-refractivity contribution in [2.45, 2.75) is 26.8 Å². The molecule has 2 aromatic carbocycles. The number of aryl methyl sites for hydroxylation is 2. The molecular formula is C22H26N4O2S. The highest BCUT2D eigenvalue weighted by Crippen LogP contribution is 2.19. The van der Waals surface area contributed by atoms with Gasteiger partial charge in [0.15, 0.2) is 10.6 Å². The van der Waals surface area contributed by atoms with E-state index in [1.165, 1.54) is 0 Å². The summed E-state index contributed by atoms with van der Waals surface area (Å²) in [6.07, 6.45) is 0.341. The lowest BCUT2D eigenvalue weighted by Gasteiger charge is -2.18. The minimum Gasteiger partial charge on any atom is -0.492 e. The fourth-order valence-corrected chi connectivity index (χ4v) is 3.28. The Hall–Kier alpha value is -2.93. The van der Waals surface area contributed by atoms with Gasteiger partial charge in [-0.25, -0.2) is 0 Å². The van der Waals surface area contributed by atoms with Crippen molar-refractivity contribution in [3.8, 4) is 17.1 Å². The third-order valence-electron chi connectivity index (χ3n) is 4.69. The zero-order chi connectivity index (χ0) is 20.8. The molecule has 0 aliphatic rings. The number of nitrogens with zero attached hydrogens (tertiary/aromatic N) is 3. The van der Waals surface area contributed by atoms with Crippen molar-refractivity contribution in [1.82, 2.24) is 19.7 Å². The van der Waals surface area contributed by atoms with E-state index in [4.69, 9.17) is 17.0 Å². The summed E-state index contributed by atoms with van der Waals surface area (Å²) in [5, 5.41) is 7.18. The van der Waals surface area contributed by atoms with Crippen LogP contribution in [-0.4, -0.2) is 45.8 Å². The SMILES string of the molecule is Cc1cccc(OCCN(C)C(=O)CCn2c(-c3cccc(C)c3)n[nH]c2=S)c1. The first-order chi connectivity index (χ1) is 13.9. The highest BCUT2D eigenvalue weighted by molar-refractivity contribution is 7.71. The summed E-state index contributed by atoms with van der Waals surface area (Å²) in [4.78, 5) is 14.2. The Morgan fingerprint density at radius 1 is 1.17 bits per heavy atom. The van der Waals surface area contributed by atoms with Crippen molar-refractivity contribution < 1.29 is 9.53 Å². The van der Waals surface area contributed by atoms with E-state index < -0.39 is 0 Å². The van der Waals surface area contributed by atoms with Gasteiger partial charge in [0.05, 0.1) is 6.54 Å². The Kier molecular flexibility index (Phi) is 6.82. The van der Waals surface area contributed by atoms with E-state index in [-0.39, 0.29) is 5.91 Å². The maximum Gasteiger partial charge on any atom is 0.224 e. The molecule has 0 bridgehead atoms. The number of benzene rings is 2. The van der Waals surface area contributed by atoms with Crippen LogP contribution in [0.1, 0.15) is 17.5 Å². The second-order valence-electron chi connectivity index (χ2n) is 7.10. The van der Waals surface area contributed by atoms with E-state index >= 15 is 0 Å². The molecule has 0 spiro atoms. The zero-order valence-electron chi connectivity index (χ0n) is 17.0. The van der Waals surface area contributed by atoms with Crippen molar-refractivity contribution in [1.29, 1.82) is 0 Å². The first kappa shape index (κ1) is 20.8. The fraction of sp³-hybridized carbons (Fsp3) is 0.318. The summed E-state index contributed by atoms with van der Waals surface area (Å²) in [5.41, 5.74) is 3.27. The average Bonchev–Trinajstić information content (AvgIpc) is 3.06. The predicted molar refractivity (Wildman–Crippen MR) is 117 cm³/mol. The maximum absolute atomic E-state index is 12.5. The lowest BCUT2D eigenvalue weighted by atomic mass is 10.1. The number of aromatic nitrogens is 3. The standard InChI is InChI=1S/C22H26N4O2S/c1-16-6-4-8-18(14-16)21-23-24-22(29)26(21)11-10-20(27)25(3)12-13-28-19-9-5-7-17(2)15-19/h4-9,14-15H,10-13H2,1-3H3,(H,24,29). The summed E-state index contributed by atoms with van der Waals surface area (Å²) in [6.45, 7) is 5.50. The third-order valence-corrected chi connectivity index (χ3v) is 5.01. The van der Waals surface area contributed by atoms with Gasteiger partial charge in [-0.2, -0.15) is 5.10 Å². The molecule has 29 heavy (non-hydrogen) atoms. The van der Waals surface area contributed by atoms with Crippen LogP contribution < -0.4 is 4.74 Å². The number of ether oxygens (including phenoxy) is 1. The Morgan fingerprint density at radius 3 is 2.62 bits per heavy atom.